The van der Waals surface area contributed by atoms with Crippen LogP contribution in [0, 0.1) is 0 Å². The first-order valence-electron chi connectivity index (χ1n) is 17.6. The zero-order chi connectivity index (χ0) is 32.5. The molecule has 55 heavy (non-hydrogen) atoms. The molecule has 3 aromatic rings. The second-order valence-corrected chi connectivity index (χ2v) is 13.5. The van der Waals surface area contributed by atoms with Gasteiger partial charge >= 0.3 is 0 Å². The highest BCUT2D eigenvalue weighted by Crippen LogP contribution is 2.29. The molecule has 4 N–H and O–H groups in total. The summed E-state index contributed by atoms with van der Waals surface area (Å²) in [6, 6.07) is 4.14. The van der Waals surface area contributed by atoms with Crippen LogP contribution in [0.15, 0.2) is 29.0 Å². The Hall–Kier alpha value is -0.140. The van der Waals surface area contributed by atoms with Crippen LogP contribution in [0.1, 0.15) is 61.0 Å². The minimum Gasteiger partial charge on any atom is -0.497 e. The summed E-state index contributed by atoms with van der Waals surface area (Å²) in [7, 11) is 1.71. The van der Waals surface area contributed by atoms with E-state index >= 15 is 0 Å². The van der Waals surface area contributed by atoms with Crippen molar-refractivity contribution in [2.24, 2.45) is 0 Å². The Bertz CT molecular complexity index is 1230. The van der Waals surface area contributed by atoms with Crippen LogP contribution in [0.25, 0.3) is 0 Å². The summed E-state index contributed by atoms with van der Waals surface area (Å²) >= 11 is 3.90. The number of halogens is 9. The van der Waals surface area contributed by atoms with Crippen molar-refractivity contribution in [2.45, 2.75) is 64.7 Å². The fourth-order valence-corrected chi connectivity index (χ4v) is 6.76. The molecule has 2 aromatic heterocycles. The monoisotopic (exact) mass is 1000 g/mol. The summed E-state index contributed by atoms with van der Waals surface area (Å²) in [6.07, 6.45) is 11.1. The average Bonchev–Trinajstić information content (AvgIpc) is 3.70. The molecule has 22 heteroatoms. The van der Waals surface area contributed by atoms with Crippen LogP contribution in [0.2, 0.25) is 0 Å². The van der Waals surface area contributed by atoms with Crippen molar-refractivity contribution >= 4 is 115 Å². The van der Waals surface area contributed by atoms with Gasteiger partial charge in [0.05, 0.1) is 44.0 Å². The first-order chi connectivity index (χ1) is 23.2. The number of hydrogen-bond donors (Lipinski definition) is 4. The first-order valence-corrected chi connectivity index (χ1v) is 18.4. The maximum atomic E-state index is 5.71. The Labute approximate surface area is 385 Å². The van der Waals surface area contributed by atoms with Crippen LogP contribution < -0.4 is 26.0 Å². The van der Waals surface area contributed by atoms with E-state index in [1.54, 1.807) is 7.11 Å². The van der Waals surface area contributed by atoms with Gasteiger partial charge in [-0.1, -0.05) is 26.4 Å². The molecule has 2 fully saturated rings. The Kier molecular flexibility index (Phi) is 40.0. The van der Waals surface area contributed by atoms with E-state index in [1.165, 1.54) is 12.8 Å². The molecule has 2 aliphatic heterocycles. The fourth-order valence-electron chi connectivity index (χ4n) is 6.28. The van der Waals surface area contributed by atoms with Gasteiger partial charge in [0.2, 0.25) is 0 Å². The van der Waals surface area contributed by atoms with Gasteiger partial charge in [-0.2, -0.15) is 0 Å². The van der Waals surface area contributed by atoms with Gasteiger partial charge in [0.25, 0.3) is 0 Å². The molecule has 2 aliphatic rings. The summed E-state index contributed by atoms with van der Waals surface area (Å²) in [6.45, 7) is 15.6. The highest BCUT2D eigenvalue weighted by Gasteiger charge is 2.15. The second-order valence-electron chi connectivity index (χ2n) is 12.7. The van der Waals surface area contributed by atoms with Crippen molar-refractivity contribution in [1.82, 2.24) is 61.1 Å². The molecule has 2 saturated heterocycles. The number of hydrogen-bond acceptors (Lipinski definition) is 11. The largest absolute Gasteiger partial charge is 0.497 e. The van der Waals surface area contributed by atoms with Gasteiger partial charge in [-0.15, -0.1) is 109 Å². The summed E-state index contributed by atoms with van der Waals surface area (Å²) in [5.74, 6) is 0.807. The third kappa shape index (κ3) is 22.7. The molecule has 0 aliphatic carbocycles. The summed E-state index contributed by atoms with van der Waals surface area (Å²) in [5.41, 5.74) is 4.16. The molecule has 0 amide bonds. The number of nitrogens with one attached hydrogen (secondary N) is 4. The fraction of sp³-hybridized carbons (Fsp3) is 0.697. The van der Waals surface area contributed by atoms with Crippen LogP contribution >= 0.6 is 115 Å². The van der Waals surface area contributed by atoms with Crippen molar-refractivity contribution in [3.05, 3.63) is 51.5 Å². The van der Waals surface area contributed by atoms with Crippen molar-refractivity contribution in [3.8, 4) is 5.75 Å². The number of benzene rings is 1. The van der Waals surface area contributed by atoms with E-state index in [0.717, 1.165) is 150 Å². The first kappa shape index (κ1) is 61.5. The van der Waals surface area contributed by atoms with Crippen LogP contribution in [0.4, 0.5) is 0 Å². The van der Waals surface area contributed by atoms with Gasteiger partial charge < -0.3 is 26.0 Å². The number of ether oxygens (including phenoxy) is 1. The Morgan fingerprint density at radius 1 is 0.527 bits per heavy atom. The smallest absolute Gasteiger partial charge is 0.119 e. The topological polar surface area (TPSA) is 125 Å². The molecule has 0 radical (unpaired) electrons. The average molecular weight is 1010 g/mol. The minimum atomic E-state index is 0. The van der Waals surface area contributed by atoms with Gasteiger partial charge in [-0.25, -0.2) is 9.36 Å². The van der Waals surface area contributed by atoms with Crippen LogP contribution in [0.3, 0.4) is 0 Å². The van der Waals surface area contributed by atoms with E-state index in [-0.39, 0.29) is 99.3 Å². The summed E-state index contributed by atoms with van der Waals surface area (Å²) < 4.78 is 10.6. The quantitative estimate of drug-likeness (QED) is 0.219. The molecular weight excluding hydrogens is 944 g/mol. The van der Waals surface area contributed by atoms with Crippen LogP contribution in [0.5, 0.6) is 5.75 Å². The molecule has 1 aromatic carbocycles. The van der Waals surface area contributed by atoms with Crippen molar-refractivity contribution in [3.63, 3.8) is 0 Å². The standard InChI is InChI=1S/C33H55BrN12O.8ClH/c1-47-32-20-28(22-45-26-30(39-41-45)24-43-16-4-12-35-8-2-9-36-13-5-17-43)33(34)29(21-32)23-46-27-31(40-42-46)25-44-18-6-14-37-10-3-11-38-15-7-19-44;;;;;;;;/h20-21,26-27,35-38H,2-19,22-25H2,1H3;8*1H. The maximum absolute atomic E-state index is 5.71. The van der Waals surface area contributed by atoms with Gasteiger partial charge in [0, 0.05) is 17.6 Å². The zero-order valence-electron chi connectivity index (χ0n) is 31.5. The molecule has 0 bridgehead atoms. The molecule has 4 heterocycles. The van der Waals surface area contributed by atoms with Gasteiger partial charge in [-0.3, -0.25) is 9.80 Å². The number of aromatic nitrogens is 6. The molecule has 0 saturated carbocycles. The lowest BCUT2D eigenvalue weighted by molar-refractivity contribution is 0.252. The number of nitrogens with zero attached hydrogens (tertiary/aromatic N) is 8. The van der Waals surface area contributed by atoms with Crippen molar-refractivity contribution < 1.29 is 4.74 Å². The zero-order valence-corrected chi connectivity index (χ0v) is 39.6. The second kappa shape index (κ2) is 35.8. The molecule has 13 nitrogen and oxygen atoms in total. The lowest BCUT2D eigenvalue weighted by atomic mass is 10.1. The third-order valence-electron chi connectivity index (χ3n) is 8.77. The van der Waals surface area contributed by atoms with E-state index in [4.69, 9.17) is 4.74 Å². The van der Waals surface area contributed by atoms with E-state index in [0.29, 0.717) is 13.1 Å². The Morgan fingerprint density at radius 2 is 0.855 bits per heavy atom. The highest BCUT2D eigenvalue weighted by atomic mass is 79.9. The lowest BCUT2D eigenvalue weighted by Gasteiger charge is -2.22. The van der Waals surface area contributed by atoms with E-state index < -0.39 is 0 Å². The molecule has 0 unspecified atom stereocenters. The van der Waals surface area contributed by atoms with Crippen molar-refractivity contribution in [2.75, 3.05) is 85.6 Å². The normalized spacial score (nSPS) is 16.5. The van der Waals surface area contributed by atoms with Crippen molar-refractivity contribution in [1.29, 1.82) is 0 Å². The molecular formula is C33H63BrCl8N12O. The Morgan fingerprint density at radius 3 is 1.18 bits per heavy atom. The van der Waals surface area contributed by atoms with Gasteiger partial charge in [-0.05, 0) is 140 Å². The SMILES string of the molecule is COc1cc(Cn2cc(CN3CCCNCCCNCCC3)nn2)c(Br)c(Cn2cc(CN3CCCNCCCNCCC3)nn2)c1.Cl.Cl.Cl.Cl.Cl.Cl.Cl.Cl. The Balaban J connectivity index is -0.00000163. The van der Waals surface area contributed by atoms with E-state index in [9.17, 15) is 0 Å². The molecule has 5 rings (SSSR count). The molecule has 0 spiro atoms. The van der Waals surface area contributed by atoms with Gasteiger partial charge in [0.15, 0.2) is 0 Å². The van der Waals surface area contributed by atoms with Crippen LogP contribution in [-0.4, -0.2) is 125 Å². The predicted molar refractivity (Wildman–Crippen MR) is 247 cm³/mol. The summed E-state index contributed by atoms with van der Waals surface area (Å²) in [4.78, 5) is 5.00. The van der Waals surface area contributed by atoms with E-state index in [2.05, 4.69) is 92.1 Å². The van der Waals surface area contributed by atoms with E-state index in [1.807, 2.05) is 9.36 Å². The number of rotatable bonds is 9. The molecule has 324 valence electrons. The van der Waals surface area contributed by atoms with Crippen LogP contribution in [-0.2, 0) is 26.2 Å². The minimum absolute atomic E-state index is 0. The highest BCUT2D eigenvalue weighted by molar-refractivity contribution is 9.10. The van der Waals surface area contributed by atoms with Gasteiger partial charge in [0.1, 0.15) is 5.75 Å². The molecule has 0 atom stereocenters. The summed E-state index contributed by atoms with van der Waals surface area (Å²) in [5, 5.41) is 32.3. The maximum Gasteiger partial charge on any atom is 0.119 e. The third-order valence-corrected chi connectivity index (χ3v) is 9.78. The predicted octanol–water partition coefficient (Wildman–Crippen LogP) is 5.44. The lowest BCUT2D eigenvalue weighted by Crippen LogP contribution is -2.32. The number of methoxy groups -OCH3 is 1.